The van der Waals surface area contributed by atoms with E-state index in [0.29, 0.717) is 5.02 Å². The van der Waals surface area contributed by atoms with Crippen molar-refractivity contribution in [2.24, 2.45) is 0 Å². The van der Waals surface area contributed by atoms with E-state index in [-0.39, 0.29) is 6.10 Å². The van der Waals surface area contributed by atoms with Crippen molar-refractivity contribution in [3.8, 4) is 5.75 Å². The van der Waals surface area contributed by atoms with Gasteiger partial charge in [-0.2, -0.15) is 0 Å². The Morgan fingerprint density at radius 3 is 2.66 bits per heavy atom. The van der Waals surface area contributed by atoms with E-state index in [9.17, 15) is 0 Å². The minimum atomic E-state index is -0.229. The van der Waals surface area contributed by atoms with Gasteiger partial charge in [-0.05, 0) is 48.4 Å². The predicted octanol–water partition coefficient (Wildman–Crippen LogP) is 6.54. The average Bonchev–Trinajstić information content (AvgIpc) is 3.15. The molecule has 0 amide bonds. The minimum absolute atomic E-state index is 0.229. The van der Waals surface area contributed by atoms with Crippen LogP contribution in [0.2, 0.25) is 5.02 Å². The molecule has 1 atom stereocenters. The van der Waals surface area contributed by atoms with Gasteiger partial charge in [-0.3, -0.25) is 0 Å². The molecule has 0 spiro atoms. The van der Waals surface area contributed by atoms with Gasteiger partial charge in [-0.25, -0.2) is 0 Å². The predicted molar refractivity (Wildman–Crippen MR) is 120 cm³/mol. The quantitative estimate of drug-likeness (QED) is 0.316. The summed E-state index contributed by atoms with van der Waals surface area (Å²) in [6.45, 7) is 4.86. The molecule has 0 aliphatic heterocycles. The van der Waals surface area contributed by atoms with Crippen molar-refractivity contribution in [2.45, 2.75) is 37.4 Å². The molecule has 0 fully saturated rings. The monoisotopic (exact) mass is 423 g/mol. The third kappa shape index (κ3) is 4.41. The second-order valence-electron chi connectivity index (χ2n) is 6.73. The SMILES string of the molecule is CCn1c(SCc2cccc3ccccc23)nnc1C(C)Oc1cccc(Cl)c1. The number of halogens is 1. The van der Waals surface area contributed by atoms with Crippen LogP contribution in [-0.2, 0) is 12.3 Å². The van der Waals surface area contributed by atoms with Gasteiger partial charge in [-0.1, -0.05) is 71.9 Å². The molecule has 0 aliphatic rings. The first-order valence-electron chi connectivity index (χ1n) is 9.60. The lowest BCUT2D eigenvalue weighted by molar-refractivity contribution is 0.210. The van der Waals surface area contributed by atoms with Crippen LogP contribution >= 0.6 is 23.4 Å². The van der Waals surface area contributed by atoms with E-state index in [1.165, 1.54) is 16.3 Å². The standard InChI is InChI=1S/C23H22ClN3OS/c1-3-27-22(16(2)28-20-12-7-11-19(24)14-20)25-26-23(27)29-15-18-10-6-9-17-8-4-5-13-21(17)18/h4-14,16H,3,15H2,1-2H3. The third-order valence-electron chi connectivity index (χ3n) is 4.77. The molecular formula is C23H22ClN3OS. The Morgan fingerprint density at radius 1 is 1.03 bits per heavy atom. The highest BCUT2D eigenvalue weighted by atomic mass is 35.5. The summed E-state index contributed by atoms with van der Waals surface area (Å²) >= 11 is 7.76. The van der Waals surface area contributed by atoms with E-state index in [4.69, 9.17) is 16.3 Å². The van der Waals surface area contributed by atoms with Crippen LogP contribution in [0.25, 0.3) is 10.8 Å². The summed E-state index contributed by atoms with van der Waals surface area (Å²) in [7, 11) is 0. The topological polar surface area (TPSA) is 39.9 Å². The third-order valence-corrected chi connectivity index (χ3v) is 6.02. The van der Waals surface area contributed by atoms with E-state index in [0.717, 1.165) is 29.0 Å². The molecule has 0 saturated carbocycles. The van der Waals surface area contributed by atoms with Crippen LogP contribution in [0, 0.1) is 0 Å². The van der Waals surface area contributed by atoms with Gasteiger partial charge in [0, 0.05) is 17.3 Å². The fraction of sp³-hybridized carbons (Fsp3) is 0.217. The molecule has 6 heteroatoms. The van der Waals surface area contributed by atoms with Crippen molar-refractivity contribution < 1.29 is 4.74 Å². The number of benzene rings is 3. The lowest BCUT2D eigenvalue weighted by Crippen LogP contribution is -2.12. The van der Waals surface area contributed by atoms with Crippen LogP contribution in [0.1, 0.15) is 31.3 Å². The Labute approximate surface area is 179 Å². The number of rotatable bonds is 7. The van der Waals surface area contributed by atoms with Gasteiger partial charge in [0.25, 0.3) is 0 Å². The van der Waals surface area contributed by atoms with Crippen molar-refractivity contribution in [3.63, 3.8) is 0 Å². The zero-order chi connectivity index (χ0) is 20.2. The first-order valence-corrected chi connectivity index (χ1v) is 11.0. The lowest BCUT2D eigenvalue weighted by atomic mass is 10.1. The molecule has 4 rings (SSSR count). The zero-order valence-corrected chi connectivity index (χ0v) is 18.0. The number of thioether (sulfide) groups is 1. The van der Waals surface area contributed by atoms with E-state index in [1.807, 2.05) is 25.1 Å². The second kappa shape index (κ2) is 8.89. The van der Waals surface area contributed by atoms with Crippen LogP contribution in [0.15, 0.2) is 71.9 Å². The van der Waals surface area contributed by atoms with Crippen molar-refractivity contribution in [3.05, 3.63) is 83.1 Å². The molecule has 0 saturated heterocycles. The Bertz CT molecular complexity index is 1120. The fourth-order valence-corrected chi connectivity index (χ4v) is 4.56. The molecule has 4 aromatic rings. The van der Waals surface area contributed by atoms with Crippen LogP contribution < -0.4 is 4.74 Å². The van der Waals surface area contributed by atoms with Gasteiger partial charge in [0.2, 0.25) is 0 Å². The molecule has 0 N–H and O–H groups in total. The first-order chi connectivity index (χ1) is 14.2. The molecule has 29 heavy (non-hydrogen) atoms. The molecule has 1 aromatic heterocycles. The molecule has 4 nitrogen and oxygen atoms in total. The molecule has 1 unspecified atom stereocenters. The number of hydrogen-bond acceptors (Lipinski definition) is 4. The maximum Gasteiger partial charge on any atom is 0.191 e. The van der Waals surface area contributed by atoms with Crippen LogP contribution in [-0.4, -0.2) is 14.8 Å². The molecule has 0 bridgehead atoms. The Morgan fingerprint density at radius 2 is 1.83 bits per heavy atom. The maximum atomic E-state index is 6.06. The number of aromatic nitrogens is 3. The largest absolute Gasteiger partial charge is 0.483 e. The average molecular weight is 424 g/mol. The van der Waals surface area contributed by atoms with Gasteiger partial charge in [0.15, 0.2) is 17.1 Å². The summed E-state index contributed by atoms with van der Waals surface area (Å²) in [5.41, 5.74) is 1.29. The van der Waals surface area contributed by atoms with Crippen LogP contribution in [0.5, 0.6) is 5.75 Å². The van der Waals surface area contributed by atoms with E-state index in [1.54, 1.807) is 17.8 Å². The number of hydrogen-bond donors (Lipinski definition) is 0. The van der Waals surface area contributed by atoms with Crippen LogP contribution in [0.4, 0.5) is 0 Å². The minimum Gasteiger partial charge on any atom is -0.483 e. The molecule has 3 aromatic carbocycles. The van der Waals surface area contributed by atoms with Crippen molar-refractivity contribution >= 4 is 34.1 Å². The number of ether oxygens (including phenoxy) is 1. The summed E-state index contributed by atoms with van der Waals surface area (Å²) < 4.78 is 8.16. The van der Waals surface area contributed by atoms with E-state index in [2.05, 4.69) is 64.2 Å². The first kappa shape index (κ1) is 19.8. The zero-order valence-electron chi connectivity index (χ0n) is 16.4. The molecule has 0 radical (unpaired) electrons. The summed E-state index contributed by atoms with van der Waals surface area (Å²) in [6.07, 6.45) is -0.229. The van der Waals surface area contributed by atoms with Crippen molar-refractivity contribution in [2.75, 3.05) is 0 Å². The summed E-state index contributed by atoms with van der Waals surface area (Å²) in [5, 5.41) is 12.9. The van der Waals surface area contributed by atoms with Gasteiger partial charge < -0.3 is 9.30 Å². The van der Waals surface area contributed by atoms with Gasteiger partial charge in [0.05, 0.1) is 0 Å². The molecule has 1 heterocycles. The summed E-state index contributed by atoms with van der Waals surface area (Å²) in [5.74, 6) is 2.37. The number of nitrogens with zero attached hydrogens (tertiary/aromatic N) is 3. The Hall–Kier alpha value is -2.50. The van der Waals surface area contributed by atoms with Crippen molar-refractivity contribution in [1.29, 1.82) is 0 Å². The molecular weight excluding hydrogens is 402 g/mol. The second-order valence-corrected chi connectivity index (χ2v) is 8.11. The maximum absolute atomic E-state index is 6.06. The molecule has 0 aliphatic carbocycles. The highest BCUT2D eigenvalue weighted by Crippen LogP contribution is 2.29. The fourth-order valence-electron chi connectivity index (χ4n) is 3.36. The number of fused-ring (bicyclic) bond motifs is 1. The highest BCUT2D eigenvalue weighted by molar-refractivity contribution is 7.98. The highest BCUT2D eigenvalue weighted by Gasteiger charge is 2.19. The van der Waals surface area contributed by atoms with Crippen LogP contribution in [0.3, 0.4) is 0 Å². The van der Waals surface area contributed by atoms with Gasteiger partial charge in [-0.15, -0.1) is 10.2 Å². The van der Waals surface area contributed by atoms with E-state index < -0.39 is 0 Å². The van der Waals surface area contributed by atoms with E-state index >= 15 is 0 Å². The Balaban J connectivity index is 1.52. The Kier molecular flexibility index (Phi) is 6.07. The normalized spacial score (nSPS) is 12.2. The van der Waals surface area contributed by atoms with Crippen molar-refractivity contribution in [1.82, 2.24) is 14.8 Å². The summed E-state index contributed by atoms with van der Waals surface area (Å²) in [6, 6.07) is 22.3. The molecule has 148 valence electrons. The summed E-state index contributed by atoms with van der Waals surface area (Å²) in [4.78, 5) is 0. The smallest absolute Gasteiger partial charge is 0.191 e. The van der Waals surface area contributed by atoms with Gasteiger partial charge in [0.1, 0.15) is 5.75 Å². The lowest BCUT2D eigenvalue weighted by Gasteiger charge is -2.16. The van der Waals surface area contributed by atoms with Gasteiger partial charge >= 0.3 is 0 Å².